The van der Waals surface area contributed by atoms with E-state index >= 15 is 0 Å². The third-order valence-electron chi connectivity index (χ3n) is 15.3. The first-order valence-corrected chi connectivity index (χ1v) is 20.0. The van der Waals surface area contributed by atoms with Crippen LogP contribution in [0.2, 0.25) is 0 Å². The van der Waals surface area contributed by atoms with Crippen LogP contribution in [0, 0.1) is 57.2 Å². The highest BCUT2D eigenvalue weighted by atomic mass is 16.5. The van der Waals surface area contributed by atoms with Crippen molar-refractivity contribution in [1.82, 2.24) is 0 Å². The van der Waals surface area contributed by atoms with E-state index in [0.29, 0.717) is 35.2 Å². The third-order valence-corrected chi connectivity index (χ3v) is 15.3. The summed E-state index contributed by atoms with van der Waals surface area (Å²) >= 11 is 0. The van der Waals surface area contributed by atoms with E-state index in [0.717, 1.165) is 64.2 Å². The minimum atomic E-state index is -0.568. The van der Waals surface area contributed by atoms with Crippen molar-refractivity contribution in [2.24, 2.45) is 57.2 Å². The van der Waals surface area contributed by atoms with Gasteiger partial charge < -0.3 is 9.47 Å². The van der Waals surface area contributed by atoms with Crippen molar-refractivity contribution in [3.05, 3.63) is 70.9 Å². The van der Waals surface area contributed by atoms with Gasteiger partial charge in [0, 0.05) is 6.07 Å². The smallest absolute Gasteiger partial charge is 0.317 e. The molecule has 6 aliphatic carbocycles. The predicted molar refractivity (Wildman–Crippen MR) is 202 cm³/mol. The van der Waals surface area contributed by atoms with Gasteiger partial charge in [-0.15, -0.1) is 0 Å². The molecule has 0 aromatic heterocycles. The SMILES string of the molecule is CC(C)C1=CC2=CCC3[C@](C)(CCC[C@]3(C)C(=O)Oc3cccc(OC(=O)[C@@]4(C)CCC[C@@]5(C)C4CC=C4C=C(C(C)C)CC[C@H]45)c3)[C@@H]2CC1. The van der Waals surface area contributed by atoms with Gasteiger partial charge in [0.25, 0.3) is 0 Å². The predicted octanol–water partition coefficient (Wildman–Crippen LogP) is 11.8. The highest BCUT2D eigenvalue weighted by molar-refractivity contribution is 5.81. The Bertz CT molecular complexity index is 1540. The first kappa shape index (κ1) is 35.5. The molecule has 0 spiro atoms. The minimum Gasteiger partial charge on any atom is -0.426 e. The maximum atomic E-state index is 14.2. The highest BCUT2D eigenvalue weighted by Crippen LogP contribution is 2.64. The van der Waals surface area contributed by atoms with Crippen LogP contribution in [0.25, 0.3) is 0 Å². The lowest BCUT2D eigenvalue weighted by Crippen LogP contribution is -2.54. The van der Waals surface area contributed by atoms with Gasteiger partial charge in [0.05, 0.1) is 10.8 Å². The van der Waals surface area contributed by atoms with E-state index in [-0.39, 0.29) is 34.6 Å². The lowest BCUT2D eigenvalue weighted by atomic mass is 9.47. The zero-order valence-corrected chi connectivity index (χ0v) is 32.2. The van der Waals surface area contributed by atoms with E-state index < -0.39 is 10.8 Å². The van der Waals surface area contributed by atoms with Crippen LogP contribution in [0.4, 0.5) is 0 Å². The van der Waals surface area contributed by atoms with Gasteiger partial charge in [-0.3, -0.25) is 9.59 Å². The van der Waals surface area contributed by atoms with E-state index in [1.165, 1.54) is 24.0 Å². The molecule has 6 aliphatic rings. The van der Waals surface area contributed by atoms with E-state index in [1.54, 1.807) is 17.2 Å². The van der Waals surface area contributed by atoms with Gasteiger partial charge in [0.2, 0.25) is 0 Å². The number of hydrogen-bond acceptors (Lipinski definition) is 4. The van der Waals surface area contributed by atoms with Crippen LogP contribution >= 0.6 is 0 Å². The van der Waals surface area contributed by atoms with Crippen molar-refractivity contribution in [2.45, 2.75) is 132 Å². The second-order valence-corrected chi connectivity index (χ2v) is 18.7. The lowest BCUT2D eigenvalue weighted by molar-refractivity contribution is -0.159. The van der Waals surface area contributed by atoms with Crippen molar-refractivity contribution >= 4 is 11.9 Å². The second-order valence-electron chi connectivity index (χ2n) is 18.7. The molecule has 7 rings (SSSR count). The fourth-order valence-electron chi connectivity index (χ4n) is 12.2. The molecule has 0 N–H and O–H groups in total. The monoisotopic (exact) mass is 678 g/mol. The molecule has 0 aliphatic heterocycles. The lowest BCUT2D eigenvalue weighted by Gasteiger charge is -2.57. The molecular weight excluding hydrogens is 617 g/mol. The maximum Gasteiger partial charge on any atom is 0.317 e. The Morgan fingerprint density at radius 1 is 0.660 bits per heavy atom. The van der Waals surface area contributed by atoms with Gasteiger partial charge in [-0.05, 0) is 148 Å². The van der Waals surface area contributed by atoms with E-state index in [1.807, 2.05) is 18.2 Å². The van der Waals surface area contributed by atoms with E-state index in [9.17, 15) is 9.59 Å². The first-order valence-electron chi connectivity index (χ1n) is 20.0. The van der Waals surface area contributed by atoms with Crippen LogP contribution in [-0.2, 0) is 9.59 Å². The Labute approximate surface area is 302 Å². The van der Waals surface area contributed by atoms with Crippen LogP contribution in [-0.4, -0.2) is 11.9 Å². The largest absolute Gasteiger partial charge is 0.426 e. The third kappa shape index (κ3) is 5.79. The summed E-state index contributed by atoms with van der Waals surface area (Å²) in [5.41, 5.74) is 5.14. The molecule has 1 aromatic rings. The quantitative estimate of drug-likeness (QED) is 0.222. The molecule has 0 heterocycles. The van der Waals surface area contributed by atoms with Gasteiger partial charge >= 0.3 is 11.9 Å². The maximum absolute atomic E-state index is 14.2. The number of carbonyl (C=O) groups excluding carboxylic acids is 2. The molecule has 0 saturated heterocycles. The Balaban J connectivity index is 1.07. The van der Waals surface area contributed by atoms with E-state index in [4.69, 9.17) is 9.47 Å². The zero-order valence-electron chi connectivity index (χ0n) is 32.2. The summed E-state index contributed by atoms with van der Waals surface area (Å²) in [5, 5.41) is 0. The van der Waals surface area contributed by atoms with Crippen molar-refractivity contribution in [3.63, 3.8) is 0 Å². The van der Waals surface area contributed by atoms with Crippen molar-refractivity contribution in [1.29, 1.82) is 0 Å². The molecule has 8 atom stereocenters. The number of allylic oxidation sites excluding steroid dienone is 8. The van der Waals surface area contributed by atoms with Crippen LogP contribution < -0.4 is 9.47 Å². The number of benzene rings is 1. The molecule has 0 bridgehead atoms. The summed E-state index contributed by atoms with van der Waals surface area (Å²) in [7, 11) is 0. The number of ether oxygens (including phenoxy) is 2. The summed E-state index contributed by atoms with van der Waals surface area (Å²) in [6.07, 6.45) is 22.4. The standard InChI is InChI=1S/C46H62O4/c1-29(2)31-14-18-37-33(26-31)16-20-39-43(37,5)22-10-24-45(39,7)41(47)49-35-12-9-13-36(28-35)50-42(48)46(8)25-11-23-44(6)38-19-15-32(30(3)4)27-34(38)17-21-40(44)46/h9,12-13,16-17,26-30,37-40H,10-11,14-15,18-25H2,1-8H3/t37-,38-,39?,40?,43-,44-,45+,46+/m1/s1. The first-order chi connectivity index (χ1) is 23.7. The van der Waals surface area contributed by atoms with Crippen molar-refractivity contribution < 1.29 is 19.1 Å². The Hall–Kier alpha value is -2.88. The summed E-state index contributed by atoms with van der Waals surface area (Å²) < 4.78 is 12.5. The molecule has 50 heavy (non-hydrogen) atoms. The average Bonchev–Trinajstić information content (AvgIpc) is 3.07. The zero-order chi connectivity index (χ0) is 35.6. The number of hydrogen-bond donors (Lipinski definition) is 0. The van der Waals surface area contributed by atoms with Gasteiger partial charge in [-0.2, -0.15) is 0 Å². The van der Waals surface area contributed by atoms with Crippen LogP contribution in [0.5, 0.6) is 11.5 Å². The second kappa shape index (κ2) is 13.0. The molecule has 270 valence electrons. The molecular formula is C46H62O4. The molecule has 2 unspecified atom stereocenters. The Morgan fingerprint density at radius 3 is 1.48 bits per heavy atom. The fraction of sp³-hybridized carbons (Fsp3) is 0.652. The van der Waals surface area contributed by atoms with Gasteiger partial charge in [0.1, 0.15) is 11.5 Å². The molecule has 4 nitrogen and oxygen atoms in total. The summed E-state index contributed by atoms with van der Waals surface area (Å²) in [6.45, 7) is 18.4. The molecule has 2 saturated carbocycles. The van der Waals surface area contributed by atoms with Crippen LogP contribution in [0.15, 0.2) is 70.9 Å². The van der Waals surface area contributed by atoms with Crippen molar-refractivity contribution in [3.8, 4) is 11.5 Å². The van der Waals surface area contributed by atoms with Gasteiger partial charge in [-0.25, -0.2) is 0 Å². The number of rotatable bonds is 6. The van der Waals surface area contributed by atoms with Crippen LogP contribution in [0.1, 0.15) is 132 Å². The molecule has 0 amide bonds. The molecule has 0 radical (unpaired) electrons. The van der Waals surface area contributed by atoms with E-state index in [2.05, 4.69) is 79.7 Å². The average molecular weight is 679 g/mol. The number of fused-ring (bicyclic) bond motifs is 6. The summed E-state index contributed by atoms with van der Waals surface area (Å²) in [6, 6.07) is 7.25. The summed E-state index contributed by atoms with van der Waals surface area (Å²) in [4.78, 5) is 28.4. The fourth-order valence-corrected chi connectivity index (χ4v) is 12.2. The van der Waals surface area contributed by atoms with Gasteiger partial charge in [0.15, 0.2) is 0 Å². The summed E-state index contributed by atoms with van der Waals surface area (Å²) in [5.74, 6) is 3.27. The number of carbonyl (C=O) groups is 2. The minimum absolute atomic E-state index is 0.0795. The Morgan fingerprint density at radius 2 is 1.08 bits per heavy atom. The molecule has 2 fully saturated rings. The topological polar surface area (TPSA) is 52.6 Å². The Kier molecular flexibility index (Phi) is 9.21. The van der Waals surface area contributed by atoms with Gasteiger partial charge in [-0.1, -0.05) is 95.9 Å². The molecule has 4 heteroatoms. The highest BCUT2D eigenvalue weighted by Gasteiger charge is 2.59. The number of esters is 2. The molecule has 1 aromatic carbocycles. The normalized spacial score (nSPS) is 38.0. The van der Waals surface area contributed by atoms with Crippen LogP contribution in [0.3, 0.4) is 0 Å². The van der Waals surface area contributed by atoms with Crippen molar-refractivity contribution in [2.75, 3.05) is 0 Å².